The minimum Gasteiger partial charge on any atom is -0.478 e. The Morgan fingerprint density at radius 2 is 2.14 bits per heavy atom. The zero-order valence-corrected chi connectivity index (χ0v) is 25.4. The zero-order valence-electron chi connectivity index (χ0n) is 24.6. The number of aliphatic carboxylic acids is 1. The fourth-order valence-corrected chi connectivity index (χ4v) is 6.37. The van der Waals surface area contributed by atoms with E-state index in [1.54, 1.807) is 38.4 Å². The van der Waals surface area contributed by atoms with Crippen LogP contribution in [0.2, 0.25) is 0 Å². The van der Waals surface area contributed by atoms with Gasteiger partial charge in [-0.3, -0.25) is 19.5 Å². The first-order chi connectivity index (χ1) is 20.8. The third kappa shape index (κ3) is 6.16. The van der Waals surface area contributed by atoms with Crippen LogP contribution in [0.25, 0.3) is 0 Å². The van der Waals surface area contributed by atoms with Crippen LogP contribution in [0.5, 0.6) is 0 Å². The molecule has 2 aromatic rings. The van der Waals surface area contributed by atoms with E-state index in [0.717, 1.165) is 0 Å². The molecule has 0 aliphatic carbocycles. The normalized spacial score (nSPS) is 23.7. The summed E-state index contributed by atoms with van der Waals surface area (Å²) >= 11 is 1.27. The number of rotatable bonds is 11. The van der Waals surface area contributed by atoms with Crippen LogP contribution in [0.3, 0.4) is 0 Å². The third-order valence-corrected chi connectivity index (χ3v) is 8.98. The number of alkyl halides is 2. The highest BCUT2D eigenvalue weighted by molar-refractivity contribution is 7.11. The van der Waals surface area contributed by atoms with E-state index in [4.69, 9.17) is 9.57 Å². The fraction of sp³-hybridized carbons (Fsp3) is 0.467. The van der Waals surface area contributed by atoms with E-state index in [1.807, 2.05) is 0 Å². The number of thiazole rings is 1. The van der Waals surface area contributed by atoms with Gasteiger partial charge in [0.25, 0.3) is 5.92 Å². The van der Waals surface area contributed by atoms with Gasteiger partial charge in [-0.05, 0) is 44.4 Å². The number of aromatic nitrogens is 1. The minimum absolute atomic E-state index is 0.0445. The largest absolute Gasteiger partial charge is 0.478 e. The van der Waals surface area contributed by atoms with Crippen LogP contribution >= 0.6 is 11.3 Å². The van der Waals surface area contributed by atoms with Crippen molar-refractivity contribution in [1.82, 2.24) is 20.3 Å². The maximum absolute atomic E-state index is 15.6. The highest BCUT2D eigenvalue weighted by atomic mass is 32.1. The molecular formula is C30H34F3N5O5S. The Balaban J connectivity index is 1.42. The fourth-order valence-electron chi connectivity index (χ4n) is 5.78. The first-order valence-corrected chi connectivity index (χ1v) is 15.0. The number of likely N-dealkylation sites (tertiary alicyclic amines) is 1. The summed E-state index contributed by atoms with van der Waals surface area (Å²) in [7, 11) is 0. The van der Waals surface area contributed by atoms with Crippen LogP contribution in [0, 0.1) is 18.2 Å². The maximum atomic E-state index is 15.6. The lowest BCUT2D eigenvalue weighted by molar-refractivity contribution is -0.186. The number of benzene rings is 1. The summed E-state index contributed by atoms with van der Waals surface area (Å²) in [6.07, 6.45) is 3.23. The molecule has 10 nitrogen and oxygen atoms in total. The van der Waals surface area contributed by atoms with Crippen LogP contribution in [0.4, 0.5) is 13.2 Å². The van der Waals surface area contributed by atoms with Crippen molar-refractivity contribution in [2.45, 2.75) is 51.2 Å². The second-order valence-corrected chi connectivity index (χ2v) is 12.5. The van der Waals surface area contributed by atoms with Crippen molar-refractivity contribution in [3.05, 3.63) is 75.7 Å². The van der Waals surface area contributed by atoms with E-state index in [-0.39, 0.29) is 55.4 Å². The molecule has 0 bridgehead atoms. The number of halogens is 3. The number of nitrogens with zero attached hydrogens (tertiary/aromatic N) is 4. The van der Waals surface area contributed by atoms with Crippen LogP contribution in [-0.4, -0.2) is 88.7 Å². The van der Waals surface area contributed by atoms with Gasteiger partial charge in [-0.15, -0.1) is 11.3 Å². The lowest BCUT2D eigenvalue weighted by atomic mass is 9.89. The number of hydrogen-bond acceptors (Lipinski definition) is 10. The minimum atomic E-state index is -3.20. The zero-order chi connectivity index (χ0) is 31.8. The highest BCUT2D eigenvalue weighted by Gasteiger charge is 2.61. The summed E-state index contributed by atoms with van der Waals surface area (Å²) in [5, 5.41) is 16.8. The first kappa shape index (κ1) is 31.8. The predicted octanol–water partition coefficient (Wildman–Crippen LogP) is 4.10. The van der Waals surface area contributed by atoms with Gasteiger partial charge in [-0.2, -0.15) is 5.06 Å². The molecule has 1 aromatic heterocycles. The molecule has 3 aliphatic heterocycles. The summed E-state index contributed by atoms with van der Waals surface area (Å²) in [5.41, 5.74) is -0.358. The highest BCUT2D eigenvalue weighted by Crippen LogP contribution is 2.42. The number of ether oxygens (including phenoxy) is 1. The Bertz CT molecular complexity index is 1500. The summed E-state index contributed by atoms with van der Waals surface area (Å²) < 4.78 is 50.9. The number of amidine groups is 1. The summed E-state index contributed by atoms with van der Waals surface area (Å²) in [5.74, 6) is -5.21. The van der Waals surface area contributed by atoms with Crippen LogP contribution in [0.15, 0.2) is 58.7 Å². The molecule has 5 rings (SSSR count). The van der Waals surface area contributed by atoms with Crippen molar-refractivity contribution in [2.75, 3.05) is 32.8 Å². The number of carbonyl (C=O) groups excluding carboxylic acids is 1. The molecule has 0 saturated carbocycles. The molecule has 2 unspecified atom stereocenters. The molecule has 44 heavy (non-hydrogen) atoms. The Morgan fingerprint density at radius 1 is 1.36 bits per heavy atom. The van der Waals surface area contributed by atoms with Gasteiger partial charge in [0.05, 0.1) is 30.2 Å². The van der Waals surface area contributed by atoms with Crippen LogP contribution in [0.1, 0.15) is 42.4 Å². The number of carbonyl (C=O) groups is 2. The SMILES string of the molecule is C=CCOC(=O)C(C)(C)CCN1OCC2C1C(F)(F)CN2CC1=C(C(=O)O)[C@H](c2cccc(F)c2C)N=C(c2nccs2)N1. The van der Waals surface area contributed by atoms with E-state index in [1.165, 1.54) is 39.5 Å². The molecule has 1 aromatic carbocycles. The molecule has 2 fully saturated rings. The van der Waals surface area contributed by atoms with E-state index < -0.39 is 53.8 Å². The number of fused-ring (bicyclic) bond motifs is 1. The standard InChI is InChI=1S/C30H34F3N5O5S/c1-5-12-42-28(41)29(3,4)9-11-38-24-21(15-43-38)37(16-30(24,32)33)14-20-22(27(39)40)23(18-7-6-8-19(31)17(18)2)36-25(35-20)26-34-10-13-44-26/h5-8,10,13,21,23-24H,1,9,11-12,14-16H2,2-4H3,(H,35,36)(H,39,40)/t21?,23-,24?/m0/s1. The van der Waals surface area contributed by atoms with Gasteiger partial charge in [-0.1, -0.05) is 24.8 Å². The van der Waals surface area contributed by atoms with Crippen molar-refractivity contribution < 1.29 is 37.4 Å². The van der Waals surface area contributed by atoms with Crippen molar-refractivity contribution in [3.8, 4) is 0 Å². The number of carboxylic acids is 1. The van der Waals surface area contributed by atoms with Gasteiger partial charge < -0.3 is 15.2 Å². The smallest absolute Gasteiger partial charge is 0.335 e. The molecule has 14 heteroatoms. The number of hydroxylamine groups is 2. The van der Waals surface area contributed by atoms with Gasteiger partial charge in [0.1, 0.15) is 24.5 Å². The maximum Gasteiger partial charge on any atom is 0.335 e. The van der Waals surface area contributed by atoms with Crippen molar-refractivity contribution in [1.29, 1.82) is 0 Å². The van der Waals surface area contributed by atoms with Crippen molar-refractivity contribution >= 4 is 29.1 Å². The molecule has 0 radical (unpaired) electrons. The summed E-state index contributed by atoms with van der Waals surface area (Å²) in [4.78, 5) is 41.3. The molecular weight excluding hydrogens is 599 g/mol. The molecule has 2 N–H and O–H groups in total. The lowest BCUT2D eigenvalue weighted by Crippen LogP contribution is -2.46. The Kier molecular flexibility index (Phi) is 8.99. The second kappa shape index (κ2) is 12.4. The molecule has 4 heterocycles. The van der Waals surface area contributed by atoms with Gasteiger partial charge in [-0.25, -0.2) is 22.9 Å². The van der Waals surface area contributed by atoms with E-state index >= 15 is 8.78 Å². The molecule has 0 amide bonds. The molecule has 3 atom stereocenters. The van der Waals surface area contributed by atoms with E-state index in [2.05, 4.69) is 21.9 Å². The average Bonchev–Trinajstić information content (AvgIpc) is 3.71. The van der Waals surface area contributed by atoms with Gasteiger partial charge in [0.2, 0.25) is 0 Å². The first-order valence-electron chi connectivity index (χ1n) is 14.1. The number of hydrogen-bond donors (Lipinski definition) is 2. The average molecular weight is 634 g/mol. The third-order valence-electron chi connectivity index (χ3n) is 8.20. The monoisotopic (exact) mass is 633 g/mol. The van der Waals surface area contributed by atoms with E-state index in [0.29, 0.717) is 10.6 Å². The Hall–Kier alpha value is -3.59. The number of esters is 1. The van der Waals surface area contributed by atoms with Crippen molar-refractivity contribution in [2.24, 2.45) is 10.4 Å². The molecule has 0 spiro atoms. The van der Waals surface area contributed by atoms with Crippen LogP contribution < -0.4 is 5.32 Å². The summed E-state index contributed by atoms with van der Waals surface area (Å²) in [6.45, 7) is 7.68. The number of aliphatic imine (C=N–C) groups is 1. The second-order valence-electron chi connectivity index (χ2n) is 11.6. The van der Waals surface area contributed by atoms with Crippen molar-refractivity contribution in [3.63, 3.8) is 0 Å². The molecule has 236 valence electrons. The van der Waals surface area contributed by atoms with Gasteiger partial charge in [0, 0.05) is 30.4 Å². The summed E-state index contributed by atoms with van der Waals surface area (Å²) in [6, 6.07) is 1.19. The Labute approximate surface area is 256 Å². The molecule has 3 aliphatic rings. The number of nitrogens with one attached hydrogen (secondary N) is 1. The quantitative estimate of drug-likeness (QED) is 0.279. The molecule has 2 saturated heterocycles. The topological polar surface area (TPSA) is 117 Å². The Morgan fingerprint density at radius 3 is 2.82 bits per heavy atom. The van der Waals surface area contributed by atoms with Gasteiger partial charge in [0.15, 0.2) is 10.8 Å². The van der Waals surface area contributed by atoms with Gasteiger partial charge >= 0.3 is 11.9 Å². The van der Waals surface area contributed by atoms with E-state index in [9.17, 15) is 19.1 Å². The number of carboxylic acid groups (broad SMARTS) is 1. The lowest BCUT2D eigenvalue weighted by Gasteiger charge is -2.30. The predicted molar refractivity (Wildman–Crippen MR) is 157 cm³/mol. The van der Waals surface area contributed by atoms with Crippen LogP contribution in [-0.2, 0) is 19.2 Å².